The second-order valence-corrected chi connectivity index (χ2v) is 4.70. The number of aromatic amines is 1. The molecule has 2 rings (SSSR count). The maximum absolute atomic E-state index is 11.5. The zero-order valence-electron chi connectivity index (χ0n) is 10.2. The molecule has 0 saturated heterocycles. The minimum atomic E-state index is -0.400. The third kappa shape index (κ3) is 3.07. The van der Waals surface area contributed by atoms with Gasteiger partial charge in [0, 0.05) is 11.8 Å². The van der Waals surface area contributed by atoms with E-state index in [1.54, 1.807) is 6.07 Å². The molecule has 0 spiro atoms. The van der Waals surface area contributed by atoms with Crippen molar-refractivity contribution >= 4 is 12.4 Å². The molecule has 0 aromatic carbocycles. The Bertz CT molecular complexity index is 424. The van der Waals surface area contributed by atoms with Gasteiger partial charge in [0.2, 0.25) is 0 Å². The van der Waals surface area contributed by atoms with Crippen molar-refractivity contribution < 1.29 is 0 Å². The lowest BCUT2D eigenvalue weighted by atomic mass is 9.98. The third-order valence-corrected chi connectivity index (χ3v) is 3.27. The van der Waals surface area contributed by atoms with Crippen LogP contribution < -0.4 is 11.3 Å². The fraction of sp³-hybridized carbons (Fsp3) is 0.667. The van der Waals surface area contributed by atoms with Crippen molar-refractivity contribution in [3.8, 4) is 0 Å². The molecule has 0 bridgehead atoms. The van der Waals surface area contributed by atoms with E-state index in [1.165, 1.54) is 0 Å². The van der Waals surface area contributed by atoms with Crippen LogP contribution in [0.4, 0.5) is 0 Å². The molecular weight excluding hydrogens is 238 g/mol. The lowest BCUT2D eigenvalue weighted by molar-refractivity contribution is 0.427. The Morgan fingerprint density at radius 2 is 2.12 bits per heavy atom. The van der Waals surface area contributed by atoms with Gasteiger partial charge < -0.3 is 10.7 Å². The van der Waals surface area contributed by atoms with E-state index in [2.05, 4.69) is 16.9 Å². The van der Waals surface area contributed by atoms with Gasteiger partial charge in [-0.05, 0) is 19.3 Å². The van der Waals surface area contributed by atoms with E-state index in [0.717, 1.165) is 44.2 Å². The molecule has 17 heavy (non-hydrogen) atoms. The zero-order valence-corrected chi connectivity index (χ0v) is 11.0. The fourth-order valence-corrected chi connectivity index (χ4v) is 2.37. The molecule has 1 fully saturated rings. The van der Waals surface area contributed by atoms with Crippen molar-refractivity contribution in [1.82, 2.24) is 9.97 Å². The summed E-state index contributed by atoms with van der Waals surface area (Å²) in [5, 5.41) is 0. The highest BCUT2D eigenvalue weighted by molar-refractivity contribution is 5.85. The Morgan fingerprint density at radius 1 is 1.47 bits per heavy atom. The van der Waals surface area contributed by atoms with Gasteiger partial charge in [0.15, 0.2) is 0 Å². The maximum atomic E-state index is 11.5. The summed E-state index contributed by atoms with van der Waals surface area (Å²) in [5.74, 6) is 0.681. The highest BCUT2D eigenvalue weighted by Crippen LogP contribution is 2.33. The van der Waals surface area contributed by atoms with Gasteiger partial charge in [-0.25, -0.2) is 4.98 Å². The molecule has 0 aliphatic heterocycles. The van der Waals surface area contributed by atoms with Crippen LogP contribution in [0.5, 0.6) is 0 Å². The number of rotatable bonds is 3. The van der Waals surface area contributed by atoms with E-state index in [4.69, 9.17) is 5.73 Å². The average molecular weight is 258 g/mol. The predicted octanol–water partition coefficient (Wildman–Crippen LogP) is 1.87. The van der Waals surface area contributed by atoms with Crippen LogP contribution in [0.15, 0.2) is 10.9 Å². The molecule has 1 heterocycles. The summed E-state index contributed by atoms with van der Waals surface area (Å²) in [6.07, 6.45) is 5.92. The van der Waals surface area contributed by atoms with Gasteiger partial charge in [-0.2, -0.15) is 0 Å². The molecule has 1 aliphatic carbocycles. The Hall–Kier alpha value is -0.870. The normalized spacial score (nSPS) is 17.8. The topological polar surface area (TPSA) is 71.8 Å². The number of nitrogens with zero attached hydrogens (tertiary/aromatic N) is 1. The van der Waals surface area contributed by atoms with E-state index in [1.807, 2.05) is 0 Å². The smallest absolute Gasteiger partial charge is 0.251 e. The Balaban J connectivity index is 0.00000144. The van der Waals surface area contributed by atoms with Gasteiger partial charge in [0.1, 0.15) is 5.82 Å². The number of nitrogens with one attached hydrogen (secondary N) is 1. The summed E-state index contributed by atoms with van der Waals surface area (Å²) >= 11 is 0. The first-order chi connectivity index (χ1) is 7.64. The molecule has 0 atom stereocenters. The first-order valence-electron chi connectivity index (χ1n) is 6.04. The number of hydrogen-bond acceptors (Lipinski definition) is 3. The van der Waals surface area contributed by atoms with E-state index in [0.29, 0.717) is 5.82 Å². The number of aryl methyl sites for hydroxylation is 1. The molecule has 5 heteroatoms. The molecule has 4 nitrogen and oxygen atoms in total. The van der Waals surface area contributed by atoms with E-state index in [9.17, 15) is 4.79 Å². The average Bonchev–Trinajstić information content (AvgIpc) is 2.66. The number of nitrogens with two attached hydrogens (primary N) is 1. The van der Waals surface area contributed by atoms with Crippen molar-refractivity contribution in [3.63, 3.8) is 0 Å². The van der Waals surface area contributed by atoms with Crippen LogP contribution in [0, 0.1) is 0 Å². The highest BCUT2D eigenvalue weighted by atomic mass is 35.5. The number of hydrogen-bond donors (Lipinski definition) is 2. The number of aromatic nitrogens is 2. The van der Waals surface area contributed by atoms with Crippen molar-refractivity contribution in [2.75, 3.05) is 0 Å². The Kier molecular flexibility index (Phi) is 4.71. The molecule has 1 saturated carbocycles. The van der Waals surface area contributed by atoms with Crippen LogP contribution in [-0.4, -0.2) is 9.97 Å². The molecule has 0 radical (unpaired) electrons. The second-order valence-electron chi connectivity index (χ2n) is 4.70. The maximum Gasteiger partial charge on any atom is 0.251 e. The quantitative estimate of drug-likeness (QED) is 0.868. The molecule has 96 valence electrons. The highest BCUT2D eigenvalue weighted by Gasteiger charge is 2.33. The van der Waals surface area contributed by atoms with Crippen LogP contribution >= 0.6 is 12.4 Å². The lowest BCUT2D eigenvalue weighted by Gasteiger charge is -2.22. The summed E-state index contributed by atoms with van der Waals surface area (Å²) in [7, 11) is 0. The van der Waals surface area contributed by atoms with E-state index in [-0.39, 0.29) is 18.0 Å². The van der Waals surface area contributed by atoms with E-state index >= 15 is 0 Å². The summed E-state index contributed by atoms with van der Waals surface area (Å²) < 4.78 is 0. The lowest BCUT2D eigenvalue weighted by Crippen LogP contribution is -2.37. The summed E-state index contributed by atoms with van der Waals surface area (Å²) in [6, 6.07) is 1.57. The van der Waals surface area contributed by atoms with Crippen molar-refractivity contribution in [3.05, 3.63) is 27.9 Å². The third-order valence-electron chi connectivity index (χ3n) is 3.27. The van der Waals surface area contributed by atoms with Gasteiger partial charge in [-0.3, -0.25) is 4.79 Å². The molecule has 1 aliphatic rings. The van der Waals surface area contributed by atoms with E-state index < -0.39 is 5.54 Å². The van der Waals surface area contributed by atoms with Crippen LogP contribution in [0.3, 0.4) is 0 Å². The van der Waals surface area contributed by atoms with Gasteiger partial charge >= 0.3 is 0 Å². The first kappa shape index (κ1) is 14.2. The van der Waals surface area contributed by atoms with Crippen molar-refractivity contribution in [2.45, 2.75) is 51.0 Å². The van der Waals surface area contributed by atoms with Crippen LogP contribution in [0.25, 0.3) is 0 Å². The second kappa shape index (κ2) is 5.65. The SMILES string of the molecule is CCCc1cc(=O)[nH]c(C2(N)CCCC2)n1.Cl. The summed E-state index contributed by atoms with van der Waals surface area (Å²) in [6.45, 7) is 2.08. The zero-order chi connectivity index (χ0) is 11.6. The van der Waals surface area contributed by atoms with Gasteiger partial charge in [-0.1, -0.05) is 26.2 Å². The summed E-state index contributed by atoms with van der Waals surface area (Å²) in [4.78, 5) is 18.8. The van der Waals surface area contributed by atoms with Crippen molar-refractivity contribution in [2.24, 2.45) is 5.73 Å². The van der Waals surface area contributed by atoms with Crippen LogP contribution in [0.2, 0.25) is 0 Å². The van der Waals surface area contributed by atoms with Crippen LogP contribution in [-0.2, 0) is 12.0 Å². The minimum Gasteiger partial charge on any atom is -0.319 e. The van der Waals surface area contributed by atoms with Crippen molar-refractivity contribution in [1.29, 1.82) is 0 Å². The summed E-state index contributed by atoms with van der Waals surface area (Å²) in [5.41, 5.74) is 6.66. The minimum absolute atomic E-state index is 0. The standard InChI is InChI=1S/C12H19N3O.ClH/c1-2-5-9-8-10(16)15-11(14-9)12(13)6-3-4-7-12;/h8H,2-7,13H2,1H3,(H,14,15,16);1H. The molecule has 0 unspecified atom stereocenters. The molecule has 1 aromatic heterocycles. The number of H-pyrrole nitrogens is 1. The first-order valence-corrected chi connectivity index (χ1v) is 6.04. The molecular formula is C12H20ClN3O. The van der Waals surface area contributed by atoms with Gasteiger partial charge in [0.05, 0.1) is 5.54 Å². The fourth-order valence-electron chi connectivity index (χ4n) is 2.37. The Labute approximate surface area is 107 Å². The molecule has 0 amide bonds. The van der Waals surface area contributed by atoms with Gasteiger partial charge in [0.25, 0.3) is 5.56 Å². The largest absolute Gasteiger partial charge is 0.319 e. The van der Waals surface area contributed by atoms with Gasteiger partial charge in [-0.15, -0.1) is 12.4 Å². The molecule has 3 N–H and O–H groups in total. The predicted molar refractivity (Wildman–Crippen MR) is 70.4 cm³/mol. The van der Waals surface area contributed by atoms with Crippen LogP contribution in [0.1, 0.15) is 50.5 Å². The Morgan fingerprint density at radius 3 is 2.71 bits per heavy atom. The molecule has 1 aromatic rings. The number of halogens is 1. The monoisotopic (exact) mass is 257 g/mol.